The van der Waals surface area contributed by atoms with Gasteiger partial charge in [0, 0.05) is 0 Å². The Morgan fingerprint density at radius 1 is 0.640 bits per heavy atom. The molecule has 5 rings (SSSR count). The van der Waals surface area contributed by atoms with Gasteiger partial charge in [0.15, 0.2) is 18.7 Å². The van der Waals surface area contributed by atoms with Crippen LogP contribution in [-0.4, -0.2) is 170 Å². The van der Waals surface area contributed by atoms with Crippen LogP contribution in [0.2, 0.25) is 0 Å². The molecule has 2 aromatic carbocycles. The molecule has 0 aromatic heterocycles. The Labute approximate surface area is 284 Å². The Bertz CT molecular complexity index is 1400. The van der Waals surface area contributed by atoms with Gasteiger partial charge >= 0.3 is 11.9 Å². The highest BCUT2D eigenvalue weighted by Crippen LogP contribution is 2.39. The lowest BCUT2D eigenvalue weighted by Gasteiger charge is -2.47. The first kappa shape index (κ1) is 38.1. The zero-order chi connectivity index (χ0) is 36.2. The monoisotopic (exact) mass is 712 g/mol. The summed E-state index contributed by atoms with van der Waals surface area (Å²) in [5, 5.41) is 94.9. The number of carbonyl (C=O) groups is 2. The highest BCUT2D eigenvalue weighted by molar-refractivity contribution is 5.89. The first-order chi connectivity index (χ1) is 23.9. The van der Waals surface area contributed by atoms with Crippen LogP contribution in [0.4, 0.5) is 0 Å². The predicted molar refractivity (Wildman–Crippen MR) is 161 cm³/mol. The third-order valence-electron chi connectivity index (χ3n) is 8.61. The van der Waals surface area contributed by atoms with Crippen molar-refractivity contribution in [3.05, 3.63) is 71.8 Å². The molecule has 0 bridgehead atoms. The fourth-order valence-corrected chi connectivity index (χ4v) is 5.80. The summed E-state index contributed by atoms with van der Waals surface area (Å²) in [5.74, 6) is -4.30. The predicted octanol–water partition coefficient (Wildman–Crippen LogP) is -3.84. The smallest absolute Gasteiger partial charge is 0.338 e. The second-order valence-corrected chi connectivity index (χ2v) is 11.9. The molecule has 0 saturated carbocycles. The van der Waals surface area contributed by atoms with Gasteiger partial charge < -0.3 is 79.1 Å². The summed E-state index contributed by atoms with van der Waals surface area (Å²) >= 11 is 0. The molecule has 18 nitrogen and oxygen atoms in total. The van der Waals surface area contributed by atoms with Gasteiger partial charge in [0.25, 0.3) is 0 Å². The summed E-state index contributed by atoms with van der Waals surface area (Å²) in [7, 11) is 0. The molecule has 0 spiro atoms. The first-order valence-corrected chi connectivity index (χ1v) is 15.7. The van der Waals surface area contributed by atoms with E-state index in [1.54, 1.807) is 36.4 Å². The van der Waals surface area contributed by atoms with E-state index < -0.39 is 124 Å². The average Bonchev–Trinajstić information content (AvgIpc) is 3.40. The topological polar surface area (TPSA) is 281 Å². The van der Waals surface area contributed by atoms with Crippen molar-refractivity contribution in [2.45, 2.75) is 85.5 Å². The summed E-state index contributed by atoms with van der Waals surface area (Å²) in [6.45, 7) is -3.51. The molecule has 3 fully saturated rings. The van der Waals surface area contributed by atoms with Crippen LogP contribution in [-0.2, 0) is 33.2 Å². The van der Waals surface area contributed by atoms with Gasteiger partial charge in [-0.1, -0.05) is 36.4 Å². The van der Waals surface area contributed by atoms with E-state index in [9.17, 15) is 55.5 Å². The Kier molecular flexibility index (Phi) is 12.5. The van der Waals surface area contributed by atoms with E-state index in [1.807, 2.05) is 0 Å². The number of benzene rings is 2. The van der Waals surface area contributed by atoms with Crippen molar-refractivity contribution in [1.29, 1.82) is 0 Å². The molecule has 2 aromatic rings. The number of rotatable bonds is 12. The number of carbonyl (C=O) groups excluding carboxylic acids is 2. The van der Waals surface area contributed by atoms with E-state index in [4.69, 9.17) is 33.2 Å². The van der Waals surface area contributed by atoms with Crippen molar-refractivity contribution in [1.82, 2.24) is 0 Å². The van der Waals surface area contributed by atoms with E-state index in [2.05, 4.69) is 0 Å². The number of esters is 2. The van der Waals surface area contributed by atoms with Crippen molar-refractivity contribution >= 4 is 11.9 Å². The number of aliphatic hydroxyl groups is 9. The maximum atomic E-state index is 13.0. The number of ether oxygens (including phenoxy) is 7. The van der Waals surface area contributed by atoms with Crippen molar-refractivity contribution < 1.29 is 88.7 Å². The zero-order valence-electron chi connectivity index (χ0n) is 26.3. The van der Waals surface area contributed by atoms with E-state index in [-0.39, 0.29) is 11.1 Å². The lowest BCUT2D eigenvalue weighted by molar-refractivity contribution is -0.407. The van der Waals surface area contributed by atoms with Gasteiger partial charge in [-0.25, -0.2) is 9.59 Å². The minimum absolute atomic E-state index is 0.0428. The van der Waals surface area contributed by atoms with Gasteiger partial charge in [-0.05, 0) is 24.3 Å². The number of hydrogen-bond donors (Lipinski definition) is 9. The second-order valence-electron chi connectivity index (χ2n) is 11.9. The van der Waals surface area contributed by atoms with E-state index in [0.29, 0.717) is 0 Å². The van der Waals surface area contributed by atoms with Crippen LogP contribution < -0.4 is 0 Å². The normalized spacial score (nSPS) is 38.8. The lowest BCUT2D eigenvalue weighted by atomic mass is 9.97. The molecule has 14 atom stereocenters. The third kappa shape index (κ3) is 7.83. The van der Waals surface area contributed by atoms with Crippen LogP contribution in [0.1, 0.15) is 20.7 Å². The Hall–Kier alpha value is -3.18. The van der Waals surface area contributed by atoms with Crippen LogP contribution in [0.25, 0.3) is 0 Å². The molecule has 3 aliphatic rings. The number of aliphatic hydroxyl groups excluding tert-OH is 9. The Morgan fingerprint density at radius 2 is 1.20 bits per heavy atom. The average molecular weight is 713 g/mol. The van der Waals surface area contributed by atoms with Crippen molar-refractivity contribution in [3.63, 3.8) is 0 Å². The van der Waals surface area contributed by atoms with Gasteiger partial charge in [0.1, 0.15) is 74.3 Å². The molecular formula is C32H40O18. The molecule has 9 N–H and O–H groups in total. The Balaban J connectivity index is 1.39. The van der Waals surface area contributed by atoms with E-state index in [1.165, 1.54) is 24.3 Å². The lowest BCUT2D eigenvalue weighted by Crippen LogP contribution is -2.66. The molecule has 50 heavy (non-hydrogen) atoms. The summed E-state index contributed by atoms with van der Waals surface area (Å²) in [6.07, 6.45) is -23.6. The number of hydrogen-bond acceptors (Lipinski definition) is 18. The van der Waals surface area contributed by atoms with Gasteiger partial charge in [0.05, 0.1) is 24.3 Å². The van der Waals surface area contributed by atoms with Gasteiger partial charge in [-0.15, -0.1) is 0 Å². The maximum absolute atomic E-state index is 13.0. The third-order valence-corrected chi connectivity index (χ3v) is 8.61. The molecule has 3 heterocycles. The van der Waals surface area contributed by atoms with E-state index >= 15 is 0 Å². The second kappa shape index (κ2) is 16.4. The highest BCUT2D eigenvalue weighted by atomic mass is 16.8. The first-order valence-electron chi connectivity index (χ1n) is 15.7. The largest absolute Gasteiger partial charge is 0.459 e. The molecule has 3 saturated heterocycles. The summed E-state index contributed by atoms with van der Waals surface area (Å²) < 4.78 is 39.3. The molecule has 0 unspecified atom stereocenters. The molecular weight excluding hydrogens is 672 g/mol. The molecule has 0 aliphatic carbocycles. The van der Waals surface area contributed by atoms with Crippen molar-refractivity contribution in [2.24, 2.45) is 0 Å². The molecule has 0 amide bonds. The van der Waals surface area contributed by atoms with Gasteiger partial charge in [-0.2, -0.15) is 0 Å². The molecule has 0 radical (unpaired) electrons. The van der Waals surface area contributed by atoms with Crippen LogP contribution in [0.3, 0.4) is 0 Å². The van der Waals surface area contributed by atoms with E-state index in [0.717, 1.165) is 0 Å². The zero-order valence-corrected chi connectivity index (χ0v) is 26.3. The SMILES string of the molecule is O=C(OC[C@H]1O[C@@H](O[C@H]2[C@H](O[C@]3(CO)O[C@H](CO)[C@@H](O)[C@@H]3OC(=O)c3ccccc3)O[C@H](CO)[C@@H](O)[C@@H]2O)[C@H](O)[C@@H](O)[C@@H]1O)c1ccccc1. The van der Waals surface area contributed by atoms with Gasteiger partial charge in [0.2, 0.25) is 5.79 Å². The molecule has 276 valence electrons. The van der Waals surface area contributed by atoms with Gasteiger partial charge in [-0.3, -0.25) is 0 Å². The standard InChI is InChI=1S/C32H40O18/c33-11-17-20(36)24(40)26(47-30-25(41)23(39)21(37)19(46-30)13-44-28(42)15-7-3-1-4-8-15)31(45-17)50-32(14-35)27(22(38)18(12-34)49-32)48-29(43)16-9-5-2-6-10-16/h1-10,17-27,30-31,33-41H,11-14H2/t17-,18-,19-,20-,21-,22-,23+,24+,25-,26-,27+,30+,31+,32+/m1/s1. The highest BCUT2D eigenvalue weighted by Gasteiger charge is 2.61. The summed E-state index contributed by atoms with van der Waals surface area (Å²) in [6, 6.07) is 15.3. The fourth-order valence-electron chi connectivity index (χ4n) is 5.80. The maximum Gasteiger partial charge on any atom is 0.338 e. The van der Waals surface area contributed by atoms with Crippen LogP contribution in [0.5, 0.6) is 0 Å². The van der Waals surface area contributed by atoms with Crippen molar-refractivity contribution in [3.8, 4) is 0 Å². The minimum Gasteiger partial charge on any atom is -0.459 e. The summed E-state index contributed by atoms with van der Waals surface area (Å²) in [5.41, 5.74) is 0.218. The van der Waals surface area contributed by atoms with Crippen molar-refractivity contribution in [2.75, 3.05) is 26.4 Å². The quantitative estimate of drug-likeness (QED) is 0.0953. The minimum atomic E-state index is -2.53. The fraction of sp³-hybridized carbons (Fsp3) is 0.562. The van der Waals surface area contributed by atoms with Crippen LogP contribution >= 0.6 is 0 Å². The Morgan fingerprint density at radius 3 is 1.78 bits per heavy atom. The van der Waals surface area contributed by atoms with Crippen LogP contribution in [0, 0.1) is 0 Å². The molecule has 3 aliphatic heterocycles. The summed E-state index contributed by atoms with van der Waals surface area (Å²) in [4.78, 5) is 25.5. The molecule has 18 heteroatoms. The van der Waals surface area contributed by atoms with Crippen LogP contribution in [0.15, 0.2) is 60.7 Å².